The number of benzene rings is 2. The van der Waals surface area contributed by atoms with Crippen LogP contribution in [0.3, 0.4) is 0 Å². The van der Waals surface area contributed by atoms with Gasteiger partial charge in [0.05, 0.1) is 11.5 Å². The smallest absolute Gasteiger partial charge is 0.255 e. The van der Waals surface area contributed by atoms with E-state index in [1.54, 1.807) is 42.7 Å². The number of pyridine rings is 1. The van der Waals surface area contributed by atoms with Crippen molar-refractivity contribution in [1.29, 1.82) is 0 Å². The normalized spacial score (nSPS) is 11.1. The largest absolute Gasteiger partial charge is 0.490 e. The van der Waals surface area contributed by atoms with Crippen LogP contribution in [0.1, 0.15) is 42.6 Å². The lowest BCUT2D eigenvalue weighted by Crippen LogP contribution is -2.24. The van der Waals surface area contributed by atoms with Crippen LogP contribution < -0.4 is 19.5 Å². The average Bonchev–Trinajstić information content (AvgIpc) is 2.84. The van der Waals surface area contributed by atoms with Crippen molar-refractivity contribution in [2.75, 3.05) is 18.5 Å². The number of hydrogen-bond donors (Lipinski definition) is 2. The molecule has 0 saturated carbocycles. The van der Waals surface area contributed by atoms with Crippen LogP contribution in [-0.4, -0.2) is 32.5 Å². The Morgan fingerprint density at radius 3 is 2.50 bits per heavy atom. The van der Waals surface area contributed by atoms with Crippen molar-refractivity contribution < 1.29 is 22.7 Å². The molecule has 0 aliphatic rings. The summed E-state index contributed by atoms with van der Waals surface area (Å²) in [4.78, 5) is 16.9. The first-order chi connectivity index (χ1) is 16.4. The van der Waals surface area contributed by atoms with E-state index in [9.17, 15) is 13.2 Å². The van der Waals surface area contributed by atoms with E-state index in [0.717, 1.165) is 18.4 Å². The van der Waals surface area contributed by atoms with Gasteiger partial charge in [-0.15, -0.1) is 0 Å². The highest BCUT2D eigenvalue weighted by atomic mass is 32.2. The van der Waals surface area contributed by atoms with Crippen molar-refractivity contribution in [1.82, 2.24) is 9.71 Å². The Morgan fingerprint density at radius 1 is 0.971 bits per heavy atom. The van der Waals surface area contributed by atoms with Gasteiger partial charge in [-0.1, -0.05) is 19.4 Å². The van der Waals surface area contributed by atoms with E-state index in [-0.39, 0.29) is 4.90 Å². The Morgan fingerprint density at radius 2 is 1.76 bits per heavy atom. The summed E-state index contributed by atoms with van der Waals surface area (Å²) < 4.78 is 39.1. The number of amides is 1. The van der Waals surface area contributed by atoms with Crippen molar-refractivity contribution in [2.45, 2.75) is 38.2 Å². The second-order valence-corrected chi connectivity index (χ2v) is 9.24. The zero-order valence-electron chi connectivity index (χ0n) is 19.3. The molecule has 0 spiro atoms. The molecule has 0 unspecified atom stereocenters. The standard InChI is InChI=1S/C25H29N3O5S/c1-3-5-13-27-34(30,31)22-8-6-7-21(17-22)28-25(29)20-9-10-23(24(16-20)32-4-2)33-18-19-11-14-26-15-12-19/h6-12,14-17,27H,3-5,13,18H2,1-2H3,(H,28,29). The van der Waals surface area contributed by atoms with E-state index in [2.05, 4.69) is 15.0 Å². The molecule has 1 amide bonds. The topological polar surface area (TPSA) is 107 Å². The predicted octanol–water partition coefficient (Wildman–Crippen LogP) is 4.39. The molecule has 0 atom stereocenters. The fraction of sp³-hybridized carbons (Fsp3) is 0.280. The summed E-state index contributed by atoms with van der Waals surface area (Å²) in [6.45, 7) is 4.94. The Bertz CT molecular complexity index is 1200. The quantitative estimate of drug-likeness (QED) is 0.370. The lowest BCUT2D eigenvalue weighted by Gasteiger charge is -2.14. The van der Waals surface area contributed by atoms with Crippen LogP contribution in [0, 0.1) is 0 Å². The highest BCUT2D eigenvalue weighted by Crippen LogP contribution is 2.30. The first-order valence-electron chi connectivity index (χ1n) is 11.1. The Balaban J connectivity index is 1.72. The molecule has 8 nitrogen and oxygen atoms in total. The highest BCUT2D eigenvalue weighted by molar-refractivity contribution is 7.89. The zero-order chi connectivity index (χ0) is 24.4. The van der Waals surface area contributed by atoms with Gasteiger partial charge in [-0.25, -0.2) is 13.1 Å². The lowest BCUT2D eigenvalue weighted by molar-refractivity contribution is 0.102. The molecular formula is C25H29N3O5S. The van der Waals surface area contributed by atoms with Crippen LogP contribution in [0.2, 0.25) is 0 Å². The number of carbonyl (C=O) groups excluding carboxylic acids is 1. The van der Waals surface area contributed by atoms with Gasteiger partial charge in [-0.2, -0.15) is 0 Å². The molecule has 180 valence electrons. The van der Waals surface area contributed by atoms with Crippen LogP contribution in [0.25, 0.3) is 0 Å². The summed E-state index contributed by atoms with van der Waals surface area (Å²) in [5.74, 6) is 0.567. The summed E-state index contributed by atoms with van der Waals surface area (Å²) >= 11 is 0. The van der Waals surface area contributed by atoms with E-state index in [1.807, 2.05) is 26.0 Å². The lowest BCUT2D eigenvalue weighted by atomic mass is 10.1. The number of sulfonamides is 1. The highest BCUT2D eigenvalue weighted by Gasteiger charge is 2.16. The second-order valence-electron chi connectivity index (χ2n) is 7.47. The maximum atomic E-state index is 12.9. The first kappa shape index (κ1) is 25.2. The molecule has 0 fully saturated rings. The maximum absolute atomic E-state index is 12.9. The van der Waals surface area contributed by atoms with Crippen molar-refractivity contribution in [2.24, 2.45) is 0 Å². The SMILES string of the molecule is CCCCNS(=O)(=O)c1cccc(NC(=O)c2ccc(OCc3ccncc3)c(OCC)c2)c1. The van der Waals surface area contributed by atoms with Gasteiger partial charge in [0.1, 0.15) is 6.61 Å². The maximum Gasteiger partial charge on any atom is 0.255 e. The van der Waals surface area contributed by atoms with E-state index in [1.165, 1.54) is 12.1 Å². The number of unbranched alkanes of at least 4 members (excludes halogenated alkanes) is 1. The van der Waals surface area contributed by atoms with Crippen LogP contribution in [0.4, 0.5) is 5.69 Å². The Labute approximate surface area is 200 Å². The molecule has 0 saturated heterocycles. The van der Waals surface area contributed by atoms with E-state index in [4.69, 9.17) is 9.47 Å². The number of nitrogens with zero attached hydrogens (tertiary/aromatic N) is 1. The fourth-order valence-electron chi connectivity index (χ4n) is 3.09. The van der Waals surface area contributed by atoms with Gasteiger partial charge >= 0.3 is 0 Å². The molecule has 0 radical (unpaired) electrons. The van der Waals surface area contributed by atoms with Gasteiger partial charge in [-0.3, -0.25) is 9.78 Å². The molecule has 3 rings (SSSR count). The van der Waals surface area contributed by atoms with E-state index in [0.29, 0.717) is 42.5 Å². The third-order valence-corrected chi connectivity index (χ3v) is 6.33. The van der Waals surface area contributed by atoms with Crippen LogP contribution in [-0.2, 0) is 16.6 Å². The Kier molecular flexibility index (Phi) is 9.00. The van der Waals surface area contributed by atoms with Crippen molar-refractivity contribution in [3.05, 3.63) is 78.1 Å². The van der Waals surface area contributed by atoms with Gasteiger partial charge in [0, 0.05) is 30.2 Å². The molecule has 2 N–H and O–H groups in total. The van der Waals surface area contributed by atoms with Gasteiger partial charge in [-0.05, 0) is 67.4 Å². The Hall–Kier alpha value is -3.43. The van der Waals surface area contributed by atoms with Crippen molar-refractivity contribution in [3.63, 3.8) is 0 Å². The molecular weight excluding hydrogens is 454 g/mol. The molecule has 9 heteroatoms. The minimum atomic E-state index is -3.65. The molecule has 2 aromatic carbocycles. The van der Waals surface area contributed by atoms with Crippen molar-refractivity contribution in [3.8, 4) is 11.5 Å². The predicted molar refractivity (Wildman–Crippen MR) is 131 cm³/mol. The third-order valence-electron chi connectivity index (χ3n) is 4.87. The molecule has 0 aliphatic carbocycles. The number of carbonyl (C=O) groups is 1. The number of nitrogens with one attached hydrogen (secondary N) is 2. The van der Waals surface area contributed by atoms with Crippen LogP contribution in [0.5, 0.6) is 11.5 Å². The summed E-state index contributed by atoms with van der Waals surface area (Å²) in [7, 11) is -3.65. The monoisotopic (exact) mass is 483 g/mol. The van der Waals surface area contributed by atoms with Gasteiger partial charge in [0.2, 0.25) is 10.0 Å². The first-order valence-corrected chi connectivity index (χ1v) is 12.6. The van der Waals surface area contributed by atoms with E-state index >= 15 is 0 Å². The molecule has 34 heavy (non-hydrogen) atoms. The number of aromatic nitrogens is 1. The fourth-order valence-corrected chi connectivity index (χ4v) is 4.21. The molecule has 1 aromatic heterocycles. The average molecular weight is 484 g/mol. The zero-order valence-corrected chi connectivity index (χ0v) is 20.1. The second kappa shape index (κ2) is 12.2. The molecule has 3 aromatic rings. The summed E-state index contributed by atoms with van der Waals surface area (Å²) in [5, 5.41) is 2.75. The molecule has 1 heterocycles. The van der Waals surface area contributed by atoms with Gasteiger partial charge < -0.3 is 14.8 Å². The third kappa shape index (κ3) is 7.03. The molecule has 0 bridgehead atoms. The minimum Gasteiger partial charge on any atom is -0.490 e. The number of anilines is 1. The van der Waals surface area contributed by atoms with Crippen LogP contribution >= 0.6 is 0 Å². The number of hydrogen-bond acceptors (Lipinski definition) is 6. The van der Waals surface area contributed by atoms with Gasteiger partial charge in [0.25, 0.3) is 5.91 Å². The summed E-state index contributed by atoms with van der Waals surface area (Å²) in [5.41, 5.74) is 1.69. The van der Waals surface area contributed by atoms with Gasteiger partial charge in [0.15, 0.2) is 11.5 Å². The summed E-state index contributed by atoms with van der Waals surface area (Å²) in [6, 6.07) is 14.8. The van der Waals surface area contributed by atoms with Crippen LogP contribution in [0.15, 0.2) is 71.9 Å². The van der Waals surface area contributed by atoms with E-state index < -0.39 is 15.9 Å². The number of ether oxygens (including phenoxy) is 2. The molecule has 0 aliphatic heterocycles. The van der Waals surface area contributed by atoms with Crippen molar-refractivity contribution >= 4 is 21.6 Å². The number of rotatable bonds is 12. The summed E-state index contributed by atoms with van der Waals surface area (Å²) in [6.07, 6.45) is 5.02. The minimum absolute atomic E-state index is 0.0938.